The van der Waals surface area contributed by atoms with Gasteiger partial charge in [-0.1, -0.05) is 36.4 Å². The first kappa shape index (κ1) is 13.1. The number of benzene rings is 3. The van der Waals surface area contributed by atoms with Gasteiger partial charge in [0.2, 0.25) is 0 Å². The Kier molecular flexibility index (Phi) is 2.20. The molecule has 0 amide bonds. The number of hydrogen-bond acceptors (Lipinski definition) is 2. The van der Waals surface area contributed by atoms with Crippen LogP contribution in [-0.4, -0.2) is 15.3 Å². The lowest BCUT2D eigenvalue weighted by atomic mass is 9.97. The van der Waals surface area contributed by atoms with Gasteiger partial charge >= 0.3 is 0 Å². The Bertz CT molecular complexity index is 1430. The van der Waals surface area contributed by atoms with Crippen molar-refractivity contribution < 1.29 is 4.74 Å². The highest BCUT2D eigenvalue weighted by molar-refractivity contribution is 6.28. The van der Waals surface area contributed by atoms with E-state index < -0.39 is 0 Å². The normalized spacial score (nSPS) is 15.7. The third-order valence-electron chi connectivity index (χ3n) is 5.97. The summed E-state index contributed by atoms with van der Waals surface area (Å²) >= 11 is 0. The molecule has 3 aromatic carbocycles. The second kappa shape index (κ2) is 4.34. The fraction of sp³-hybridized carbons (Fsp3) is 0.136. The zero-order valence-electron chi connectivity index (χ0n) is 14.1. The van der Waals surface area contributed by atoms with E-state index in [9.17, 15) is 0 Å². The van der Waals surface area contributed by atoms with Crippen LogP contribution >= 0.6 is 0 Å². The van der Waals surface area contributed by atoms with E-state index in [4.69, 9.17) is 4.74 Å². The van der Waals surface area contributed by atoms with Crippen molar-refractivity contribution >= 4 is 49.8 Å². The Labute approximate surface area is 148 Å². The number of nitrogens with zero attached hydrogens (tertiary/aromatic N) is 3. The fourth-order valence-corrected chi connectivity index (χ4v) is 4.99. The number of ether oxygens (including phenoxy) is 1. The Balaban J connectivity index is 1.93. The third-order valence-corrected chi connectivity index (χ3v) is 5.97. The monoisotopic (exact) mass is 337 g/mol. The van der Waals surface area contributed by atoms with Gasteiger partial charge in [-0.3, -0.25) is 4.99 Å². The van der Waals surface area contributed by atoms with Crippen LogP contribution in [0.1, 0.15) is 11.1 Å². The summed E-state index contributed by atoms with van der Waals surface area (Å²) in [5.74, 6) is 0. The van der Waals surface area contributed by atoms with Gasteiger partial charge in [-0.15, -0.1) is 0 Å². The van der Waals surface area contributed by atoms with Crippen molar-refractivity contribution in [3.63, 3.8) is 0 Å². The molecule has 4 heteroatoms. The van der Waals surface area contributed by atoms with Gasteiger partial charge < -0.3 is 13.9 Å². The van der Waals surface area contributed by atoms with Crippen molar-refractivity contribution in [3.05, 3.63) is 59.7 Å². The van der Waals surface area contributed by atoms with Crippen LogP contribution in [0, 0.1) is 0 Å². The van der Waals surface area contributed by atoms with Gasteiger partial charge in [0, 0.05) is 33.3 Å². The van der Waals surface area contributed by atoms with Gasteiger partial charge in [-0.05, 0) is 17.7 Å². The zero-order valence-corrected chi connectivity index (χ0v) is 14.1. The van der Waals surface area contributed by atoms with Crippen molar-refractivity contribution in [1.82, 2.24) is 9.13 Å². The SMILES string of the molecule is C1=NCc2c1c1c3ccccc3n3c1c1c2c2ccccc2n1COC3. The minimum atomic E-state index is 0.574. The lowest BCUT2D eigenvalue weighted by Gasteiger charge is -2.07. The van der Waals surface area contributed by atoms with Gasteiger partial charge in [-0.2, -0.15) is 0 Å². The van der Waals surface area contributed by atoms with Crippen LogP contribution in [0.5, 0.6) is 0 Å². The molecule has 0 saturated heterocycles. The molecule has 2 aliphatic rings. The molecule has 0 N–H and O–H groups in total. The van der Waals surface area contributed by atoms with Crippen LogP contribution in [0.4, 0.5) is 0 Å². The molecule has 2 aromatic heterocycles. The van der Waals surface area contributed by atoms with E-state index in [1.807, 2.05) is 0 Å². The van der Waals surface area contributed by atoms with Crippen LogP contribution in [0.15, 0.2) is 53.5 Å². The van der Waals surface area contributed by atoms with E-state index in [0.717, 1.165) is 6.54 Å². The Hall–Kier alpha value is -3.11. The lowest BCUT2D eigenvalue weighted by Crippen LogP contribution is -2.02. The van der Waals surface area contributed by atoms with E-state index in [0.29, 0.717) is 13.5 Å². The van der Waals surface area contributed by atoms with E-state index in [1.54, 1.807) is 0 Å². The summed E-state index contributed by atoms with van der Waals surface area (Å²) < 4.78 is 10.8. The summed E-state index contributed by atoms with van der Waals surface area (Å²) in [5.41, 5.74) is 7.68. The maximum absolute atomic E-state index is 6.11. The number of fused-ring (bicyclic) bond motifs is 9. The largest absolute Gasteiger partial charge is 0.340 e. The topological polar surface area (TPSA) is 31.4 Å². The molecule has 0 saturated carbocycles. The molecular weight excluding hydrogens is 322 g/mol. The number of rotatable bonds is 0. The first-order valence-corrected chi connectivity index (χ1v) is 8.98. The van der Waals surface area contributed by atoms with Gasteiger partial charge in [0.15, 0.2) is 0 Å². The molecule has 0 fully saturated rings. The minimum absolute atomic E-state index is 0.574. The molecule has 2 aliphatic heterocycles. The molecule has 0 atom stereocenters. The predicted molar refractivity (Wildman–Crippen MR) is 105 cm³/mol. The molecule has 0 spiro atoms. The summed E-state index contributed by atoms with van der Waals surface area (Å²) in [6, 6.07) is 17.3. The number of para-hydroxylation sites is 2. The van der Waals surface area contributed by atoms with Crippen LogP contribution in [0.2, 0.25) is 0 Å². The zero-order chi connectivity index (χ0) is 16.8. The number of hydrogen-bond donors (Lipinski definition) is 0. The highest BCUT2D eigenvalue weighted by Crippen LogP contribution is 2.45. The quantitative estimate of drug-likeness (QED) is 0.400. The maximum Gasteiger partial charge on any atom is 0.125 e. The van der Waals surface area contributed by atoms with Gasteiger partial charge in [0.1, 0.15) is 13.5 Å². The first-order chi connectivity index (χ1) is 12.9. The highest BCUT2D eigenvalue weighted by atomic mass is 16.5. The Morgan fingerprint density at radius 1 is 0.769 bits per heavy atom. The third kappa shape index (κ3) is 1.33. The lowest BCUT2D eigenvalue weighted by molar-refractivity contribution is 0.0396. The molecule has 0 unspecified atom stereocenters. The van der Waals surface area contributed by atoms with Crippen molar-refractivity contribution in [1.29, 1.82) is 0 Å². The molecular formula is C22H15N3O. The molecule has 5 aromatic rings. The average Bonchev–Trinajstić information content (AvgIpc) is 3.31. The maximum atomic E-state index is 6.11. The summed E-state index contributed by atoms with van der Waals surface area (Å²) in [5, 5.41) is 5.25. The second-order valence-electron chi connectivity index (χ2n) is 7.16. The smallest absolute Gasteiger partial charge is 0.125 e. The molecule has 0 radical (unpaired) electrons. The minimum Gasteiger partial charge on any atom is -0.340 e. The molecule has 26 heavy (non-hydrogen) atoms. The molecule has 124 valence electrons. The molecule has 7 rings (SSSR count). The average molecular weight is 337 g/mol. The van der Waals surface area contributed by atoms with Crippen molar-refractivity contribution in [3.8, 4) is 0 Å². The fourth-order valence-electron chi connectivity index (χ4n) is 4.99. The Morgan fingerprint density at radius 2 is 1.38 bits per heavy atom. The molecule has 4 heterocycles. The molecule has 0 bridgehead atoms. The van der Waals surface area contributed by atoms with Crippen LogP contribution < -0.4 is 0 Å². The molecule has 0 aliphatic carbocycles. The van der Waals surface area contributed by atoms with Crippen LogP contribution in [0.3, 0.4) is 0 Å². The van der Waals surface area contributed by atoms with Crippen molar-refractivity contribution in [2.75, 3.05) is 0 Å². The van der Waals surface area contributed by atoms with E-state index in [2.05, 4.69) is 68.9 Å². The summed E-state index contributed by atoms with van der Waals surface area (Å²) in [6.45, 7) is 1.91. The Morgan fingerprint density at radius 3 is 2.12 bits per heavy atom. The summed E-state index contributed by atoms with van der Waals surface area (Å²) in [6.07, 6.45) is 2.07. The first-order valence-electron chi connectivity index (χ1n) is 8.98. The molecule has 4 nitrogen and oxygen atoms in total. The van der Waals surface area contributed by atoms with E-state index in [-0.39, 0.29) is 0 Å². The standard InChI is InChI=1S/C22H15N3O/c1-3-7-17-13(5-1)19-15-9-23-10-16(15)20-14-6-2-4-8-18(14)25-12-26-11-24(17)21(19)22(20)25/h1-9H,10-12H2. The second-order valence-corrected chi connectivity index (χ2v) is 7.16. The van der Waals surface area contributed by atoms with E-state index in [1.165, 1.54) is 54.7 Å². The highest BCUT2D eigenvalue weighted by Gasteiger charge is 2.28. The van der Waals surface area contributed by atoms with Crippen LogP contribution in [-0.2, 0) is 24.7 Å². The van der Waals surface area contributed by atoms with Gasteiger partial charge in [-0.25, -0.2) is 0 Å². The van der Waals surface area contributed by atoms with Crippen molar-refractivity contribution in [2.45, 2.75) is 20.0 Å². The van der Waals surface area contributed by atoms with Crippen LogP contribution in [0.25, 0.3) is 43.6 Å². The number of aromatic nitrogens is 2. The summed E-state index contributed by atoms with van der Waals surface area (Å²) in [7, 11) is 0. The van der Waals surface area contributed by atoms with E-state index >= 15 is 0 Å². The van der Waals surface area contributed by atoms with Gasteiger partial charge in [0.05, 0.1) is 28.6 Å². The van der Waals surface area contributed by atoms with Crippen molar-refractivity contribution in [2.24, 2.45) is 4.99 Å². The van der Waals surface area contributed by atoms with Gasteiger partial charge in [0.25, 0.3) is 0 Å². The predicted octanol–water partition coefficient (Wildman–Crippen LogP) is 4.78. The summed E-state index contributed by atoms with van der Waals surface area (Å²) in [4.78, 5) is 4.65. The number of aliphatic imine (C=N–C) groups is 1.